The molecule has 0 aliphatic heterocycles. The maximum atomic E-state index is 3.82. The van der Waals surface area contributed by atoms with Crippen molar-refractivity contribution in [1.29, 1.82) is 0 Å². The summed E-state index contributed by atoms with van der Waals surface area (Å²) in [6, 6.07) is 0.746. The average Bonchev–Trinajstić information content (AvgIpc) is 2.62. The van der Waals surface area contributed by atoms with E-state index in [-0.39, 0.29) is 0 Å². The Labute approximate surface area is 159 Å². The van der Waals surface area contributed by atoms with E-state index in [1.165, 1.54) is 90.3 Å². The third kappa shape index (κ3) is 13.7. The molecule has 2 N–H and O–H groups in total. The van der Waals surface area contributed by atoms with Gasteiger partial charge >= 0.3 is 0 Å². The second-order valence-corrected chi connectivity index (χ2v) is 7.58. The summed E-state index contributed by atoms with van der Waals surface area (Å²) in [6.45, 7) is 16.3. The average molecular weight is 356 g/mol. The maximum Gasteiger partial charge on any atom is 0.0596 e. The quantitative estimate of drug-likeness (QED) is 0.235. The van der Waals surface area contributed by atoms with Crippen LogP contribution in [0.25, 0.3) is 0 Å². The molecule has 0 amide bonds. The van der Waals surface area contributed by atoms with Crippen LogP contribution in [0.2, 0.25) is 0 Å². The van der Waals surface area contributed by atoms with E-state index in [0.717, 1.165) is 12.6 Å². The Morgan fingerprint density at radius 3 is 1.96 bits per heavy atom. The van der Waals surface area contributed by atoms with E-state index in [4.69, 9.17) is 0 Å². The Bertz CT molecular complexity index is 258. The van der Waals surface area contributed by atoms with Crippen LogP contribution in [0.5, 0.6) is 0 Å². The van der Waals surface area contributed by atoms with E-state index in [0.29, 0.717) is 6.17 Å². The van der Waals surface area contributed by atoms with Crippen molar-refractivity contribution in [2.24, 2.45) is 0 Å². The largest absolute Gasteiger partial charge is 0.314 e. The molecule has 0 saturated carbocycles. The second-order valence-electron chi connectivity index (χ2n) is 7.58. The fourth-order valence-electron chi connectivity index (χ4n) is 3.60. The first-order chi connectivity index (χ1) is 12.2. The van der Waals surface area contributed by atoms with Crippen molar-refractivity contribution in [3.05, 3.63) is 0 Å². The predicted molar refractivity (Wildman–Crippen MR) is 114 cm³/mol. The van der Waals surface area contributed by atoms with Gasteiger partial charge in [-0.25, -0.2) is 0 Å². The molecule has 25 heavy (non-hydrogen) atoms. The molecular formula is C22H49N3. The molecule has 0 heterocycles. The lowest BCUT2D eigenvalue weighted by molar-refractivity contribution is 0.151. The Hall–Kier alpha value is -0.120. The molecule has 0 fully saturated rings. The van der Waals surface area contributed by atoms with Crippen molar-refractivity contribution >= 4 is 0 Å². The fraction of sp³-hybridized carbons (Fsp3) is 1.00. The monoisotopic (exact) mass is 355 g/mol. The minimum absolute atomic E-state index is 0.579. The molecule has 0 radical (unpaired) electrons. The van der Waals surface area contributed by atoms with Gasteiger partial charge in [0.1, 0.15) is 0 Å². The lowest BCUT2D eigenvalue weighted by atomic mass is 10.1. The van der Waals surface area contributed by atoms with Gasteiger partial charge in [0.25, 0.3) is 0 Å². The summed E-state index contributed by atoms with van der Waals surface area (Å²) in [5, 5.41) is 7.58. The lowest BCUT2D eigenvalue weighted by Gasteiger charge is -2.32. The van der Waals surface area contributed by atoms with Crippen LogP contribution < -0.4 is 10.6 Å². The van der Waals surface area contributed by atoms with E-state index >= 15 is 0 Å². The number of unbranched alkanes of at least 4 members (excludes halogenated alkanes) is 2. The second kappa shape index (κ2) is 18.7. The van der Waals surface area contributed by atoms with Gasteiger partial charge < -0.3 is 10.6 Å². The maximum absolute atomic E-state index is 3.82. The van der Waals surface area contributed by atoms with E-state index in [2.05, 4.69) is 50.2 Å². The van der Waals surface area contributed by atoms with Crippen molar-refractivity contribution in [1.82, 2.24) is 15.5 Å². The number of hydrogen-bond donors (Lipinski definition) is 2. The van der Waals surface area contributed by atoms with Gasteiger partial charge in [0.15, 0.2) is 0 Å². The van der Waals surface area contributed by atoms with Gasteiger partial charge in [-0.05, 0) is 71.1 Å². The zero-order valence-corrected chi connectivity index (χ0v) is 18.2. The first kappa shape index (κ1) is 24.9. The Kier molecular flexibility index (Phi) is 18.6. The lowest BCUT2D eigenvalue weighted by Crippen LogP contribution is -2.46. The van der Waals surface area contributed by atoms with Crippen LogP contribution in [0.15, 0.2) is 0 Å². The first-order valence-corrected chi connectivity index (χ1v) is 11.4. The van der Waals surface area contributed by atoms with Crippen molar-refractivity contribution in [3.63, 3.8) is 0 Å². The van der Waals surface area contributed by atoms with Crippen molar-refractivity contribution in [2.45, 2.75) is 117 Å². The molecule has 0 aromatic carbocycles. The molecule has 2 atom stereocenters. The summed E-state index contributed by atoms with van der Waals surface area (Å²) in [4.78, 5) is 2.69. The molecule has 2 unspecified atom stereocenters. The third-order valence-electron chi connectivity index (χ3n) is 4.99. The molecule has 3 nitrogen and oxygen atoms in total. The van der Waals surface area contributed by atoms with Crippen LogP contribution in [-0.4, -0.2) is 43.3 Å². The molecule has 0 bridgehead atoms. The minimum atomic E-state index is 0.579. The SMILES string of the molecule is CCCCC(CCC)NCCCCN(CCC)C(CCC)NCCC. The summed E-state index contributed by atoms with van der Waals surface area (Å²) in [5.74, 6) is 0. The number of nitrogens with zero attached hydrogens (tertiary/aromatic N) is 1. The third-order valence-corrected chi connectivity index (χ3v) is 4.99. The van der Waals surface area contributed by atoms with Gasteiger partial charge in [-0.3, -0.25) is 4.90 Å². The van der Waals surface area contributed by atoms with E-state index in [1.807, 2.05) is 0 Å². The Morgan fingerprint density at radius 2 is 1.36 bits per heavy atom. The van der Waals surface area contributed by atoms with Gasteiger partial charge in [0, 0.05) is 6.04 Å². The highest BCUT2D eigenvalue weighted by atomic mass is 15.3. The highest BCUT2D eigenvalue weighted by Crippen LogP contribution is 2.09. The van der Waals surface area contributed by atoms with Crippen LogP contribution in [0.4, 0.5) is 0 Å². The van der Waals surface area contributed by atoms with Gasteiger partial charge in [-0.1, -0.05) is 60.3 Å². The van der Waals surface area contributed by atoms with Gasteiger partial charge in [0.05, 0.1) is 6.17 Å². The molecular weight excluding hydrogens is 306 g/mol. The molecule has 0 saturated heterocycles. The molecule has 0 spiro atoms. The molecule has 0 aliphatic rings. The minimum Gasteiger partial charge on any atom is -0.314 e. The van der Waals surface area contributed by atoms with Gasteiger partial charge in [-0.15, -0.1) is 0 Å². The highest BCUT2D eigenvalue weighted by molar-refractivity contribution is 4.71. The zero-order valence-electron chi connectivity index (χ0n) is 18.2. The first-order valence-electron chi connectivity index (χ1n) is 11.4. The topological polar surface area (TPSA) is 27.3 Å². The van der Waals surface area contributed by atoms with E-state index in [1.54, 1.807) is 0 Å². The molecule has 0 aromatic heterocycles. The van der Waals surface area contributed by atoms with Crippen LogP contribution in [-0.2, 0) is 0 Å². The summed E-state index contributed by atoms with van der Waals surface area (Å²) in [5.41, 5.74) is 0. The van der Waals surface area contributed by atoms with Crippen LogP contribution >= 0.6 is 0 Å². The standard InChI is InChI=1S/C22H49N3/c1-6-11-16-21(14-7-2)23-18-12-13-20-25(19-10-5)22(15-8-3)24-17-9-4/h21-24H,6-20H2,1-5H3. The smallest absolute Gasteiger partial charge is 0.0596 e. The molecule has 3 heteroatoms. The van der Waals surface area contributed by atoms with Crippen molar-refractivity contribution in [2.75, 3.05) is 26.2 Å². The molecule has 0 aliphatic carbocycles. The zero-order chi connectivity index (χ0) is 18.8. The van der Waals surface area contributed by atoms with Crippen LogP contribution in [0.3, 0.4) is 0 Å². The van der Waals surface area contributed by atoms with Crippen molar-refractivity contribution < 1.29 is 0 Å². The molecule has 152 valence electrons. The molecule has 0 aromatic rings. The number of rotatable bonds is 19. The summed E-state index contributed by atoms with van der Waals surface area (Å²) in [7, 11) is 0. The van der Waals surface area contributed by atoms with Crippen LogP contribution in [0.1, 0.15) is 105 Å². The highest BCUT2D eigenvalue weighted by Gasteiger charge is 2.15. The Balaban J connectivity index is 4.14. The Morgan fingerprint density at radius 1 is 0.600 bits per heavy atom. The van der Waals surface area contributed by atoms with Gasteiger partial charge in [0.2, 0.25) is 0 Å². The number of hydrogen-bond acceptors (Lipinski definition) is 3. The number of nitrogens with one attached hydrogen (secondary N) is 2. The van der Waals surface area contributed by atoms with E-state index in [9.17, 15) is 0 Å². The van der Waals surface area contributed by atoms with Crippen LogP contribution in [0, 0.1) is 0 Å². The predicted octanol–water partition coefficient (Wildman–Crippen LogP) is 5.55. The van der Waals surface area contributed by atoms with Gasteiger partial charge in [-0.2, -0.15) is 0 Å². The summed E-state index contributed by atoms with van der Waals surface area (Å²) >= 11 is 0. The summed E-state index contributed by atoms with van der Waals surface area (Å²) < 4.78 is 0. The summed E-state index contributed by atoms with van der Waals surface area (Å²) in [6.07, 6.45) is 14.9. The van der Waals surface area contributed by atoms with E-state index < -0.39 is 0 Å². The molecule has 0 rings (SSSR count). The normalized spacial score (nSPS) is 14.2. The fourth-order valence-corrected chi connectivity index (χ4v) is 3.60. The van der Waals surface area contributed by atoms with Crippen molar-refractivity contribution in [3.8, 4) is 0 Å².